The van der Waals surface area contributed by atoms with E-state index in [9.17, 15) is 9.18 Å². The molecule has 0 radical (unpaired) electrons. The zero-order valence-electron chi connectivity index (χ0n) is 19.6. The second-order valence-corrected chi connectivity index (χ2v) is 7.93. The molecule has 3 aromatic carbocycles. The number of nitrogens with zero attached hydrogens (tertiary/aromatic N) is 3. The maximum absolute atomic E-state index is 15.0. The first-order valence-electron chi connectivity index (χ1n) is 10.8. The van der Waals surface area contributed by atoms with Crippen molar-refractivity contribution >= 4 is 12.8 Å². The van der Waals surface area contributed by atoms with Crippen molar-refractivity contribution < 1.29 is 18.3 Å². The molecule has 0 saturated heterocycles. The van der Waals surface area contributed by atoms with Gasteiger partial charge in [-0.1, -0.05) is 18.7 Å². The Hall–Kier alpha value is -4.84. The van der Waals surface area contributed by atoms with Crippen molar-refractivity contribution in [2.75, 3.05) is 7.11 Å². The molecule has 4 rings (SSSR count). The van der Waals surface area contributed by atoms with Gasteiger partial charge in [0, 0.05) is 18.5 Å². The summed E-state index contributed by atoms with van der Waals surface area (Å²) in [6, 6.07) is 14.8. The summed E-state index contributed by atoms with van der Waals surface area (Å²) >= 11 is 0. The Morgan fingerprint density at radius 3 is 2.44 bits per heavy atom. The third-order valence-electron chi connectivity index (χ3n) is 5.73. The summed E-state index contributed by atoms with van der Waals surface area (Å²) in [6.07, 6.45) is 1.25. The number of benzene rings is 3. The van der Waals surface area contributed by atoms with Gasteiger partial charge in [0.2, 0.25) is 0 Å². The van der Waals surface area contributed by atoms with Crippen LogP contribution in [0, 0.1) is 33.5 Å². The number of imidazole rings is 1. The SMILES string of the molecule is C=c1cc(OC)c(OCc2ccc(F)cc2)c/c1=c1/c(=C\N)n(C)c(=O)n1-c1ccc(C#N)cc1F. The van der Waals surface area contributed by atoms with Crippen LogP contribution in [0.2, 0.25) is 0 Å². The Morgan fingerprint density at radius 1 is 1.11 bits per heavy atom. The van der Waals surface area contributed by atoms with E-state index in [1.165, 1.54) is 53.8 Å². The maximum atomic E-state index is 15.0. The highest BCUT2D eigenvalue weighted by Gasteiger charge is 2.16. The molecule has 4 aromatic rings. The molecule has 2 N–H and O–H groups in total. The minimum Gasteiger partial charge on any atom is -0.493 e. The first-order chi connectivity index (χ1) is 17.3. The quantitative estimate of drug-likeness (QED) is 0.465. The van der Waals surface area contributed by atoms with Gasteiger partial charge in [-0.05, 0) is 53.2 Å². The van der Waals surface area contributed by atoms with Crippen LogP contribution in [-0.2, 0) is 13.7 Å². The van der Waals surface area contributed by atoms with Crippen LogP contribution in [0.1, 0.15) is 11.1 Å². The highest BCUT2D eigenvalue weighted by atomic mass is 19.1. The molecule has 1 aromatic heterocycles. The second kappa shape index (κ2) is 9.80. The number of aromatic nitrogens is 2. The predicted octanol–water partition coefficient (Wildman–Crippen LogP) is 2.31. The fourth-order valence-electron chi connectivity index (χ4n) is 3.89. The predicted molar refractivity (Wildman–Crippen MR) is 131 cm³/mol. The average molecular weight is 488 g/mol. The summed E-state index contributed by atoms with van der Waals surface area (Å²) in [5.74, 6) is -0.393. The molecule has 0 unspecified atom stereocenters. The summed E-state index contributed by atoms with van der Waals surface area (Å²) in [5, 5.41) is 10.6. The molecular formula is C27H22F2N4O3. The lowest BCUT2D eigenvalue weighted by molar-refractivity contribution is 0.284. The Labute approximate surface area is 204 Å². The lowest BCUT2D eigenvalue weighted by atomic mass is 10.2. The molecule has 0 bridgehead atoms. The molecule has 0 fully saturated rings. The van der Waals surface area contributed by atoms with Crippen molar-refractivity contribution in [1.29, 1.82) is 5.26 Å². The van der Waals surface area contributed by atoms with Gasteiger partial charge in [0.1, 0.15) is 18.2 Å². The fourth-order valence-corrected chi connectivity index (χ4v) is 3.89. The Bertz CT molecular complexity index is 1770. The lowest BCUT2D eigenvalue weighted by Gasteiger charge is -2.11. The van der Waals surface area contributed by atoms with Crippen LogP contribution < -0.4 is 31.5 Å². The van der Waals surface area contributed by atoms with Crippen LogP contribution in [0.4, 0.5) is 8.78 Å². The maximum Gasteiger partial charge on any atom is 0.333 e. The summed E-state index contributed by atoms with van der Waals surface area (Å²) in [4.78, 5) is 13.2. The van der Waals surface area contributed by atoms with Crippen molar-refractivity contribution in [1.82, 2.24) is 9.13 Å². The van der Waals surface area contributed by atoms with Gasteiger partial charge in [-0.2, -0.15) is 5.26 Å². The Morgan fingerprint density at radius 2 is 1.83 bits per heavy atom. The number of nitriles is 1. The van der Waals surface area contributed by atoms with Crippen molar-refractivity contribution in [3.63, 3.8) is 0 Å². The number of halogens is 2. The lowest BCUT2D eigenvalue weighted by Crippen LogP contribution is -2.26. The van der Waals surface area contributed by atoms with Gasteiger partial charge in [-0.15, -0.1) is 0 Å². The topological polar surface area (TPSA) is 95.2 Å². The molecule has 0 spiro atoms. The molecule has 0 saturated carbocycles. The normalized spacial score (nSPS) is 12.4. The van der Waals surface area contributed by atoms with Crippen LogP contribution in [-0.4, -0.2) is 16.2 Å². The number of ether oxygens (including phenoxy) is 2. The van der Waals surface area contributed by atoms with Gasteiger partial charge < -0.3 is 15.2 Å². The summed E-state index contributed by atoms with van der Waals surface area (Å²) in [7, 11) is 2.99. The molecule has 0 amide bonds. The zero-order valence-corrected chi connectivity index (χ0v) is 19.6. The van der Waals surface area contributed by atoms with E-state index in [1.807, 2.05) is 6.07 Å². The van der Waals surface area contributed by atoms with E-state index in [2.05, 4.69) is 6.58 Å². The number of nitrogens with two attached hydrogens (primary N) is 1. The Balaban J connectivity index is 2.04. The van der Waals surface area contributed by atoms with Crippen molar-refractivity contribution in [3.05, 3.63) is 109 Å². The minimum absolute atomic E-state index is 0.0540. The molecular weight excluding hydrogens is 466 g/mol. The first kappa shape index (κ1) is 24.3. The van der Waals surface area contributed by atoms with E-state index in [1.54, 1.807) is 24.3 Å². The van der Waals surface area contributed by atoms with E-state index in [0.717, 1.165) is 11.6 Å². The Kier molecular flexibility index (Phi) is 6.61. The standard InChI is InChI=1S/C27H22F2N4O3/c1-16-10-24(35-3)25(36-15-17-4-7-19(28)8-5-17)12-20(16)26-23(14-31)32(2)27(34)33(26)22-9-6-18(13-30)11-21(22)29/h4-12,14H,1,15,31H2,2-3H3/b23-14+,26-20+. The van der Waals surface area contributed by atoms with Crippen LogP contribution in [0.5, 0.6) is 11.5 Å². The number of hydrogen-bond donors (Lipinski definition) is 1. The van der Waals surface area contributed by atoms with E-state index < -0.39 is 11.5 Å². The van der Waals surface area contributed by atoms with Gasteiger partial charge in [-0.3, -0.25) is 9.13 Å². The van der Waals surface area contributed by atoms with Crippen LogP contribution >= 0.6 is 0 Å². The van der Waals surface area contributed by atoms with Gasteiger partial charge in [0.15, 0.2) is 11.5 Å². The number of rotatable bonds is 5. The third kappa shape index (κ3) is 4.32. The van der Waals surface area contributed by atoms with E-state index >= 15 is 4.39 Å². The van der Waals surface area contributed by atoms with Crippen molar-refractivity contribution in [2.45, 2.75) is 6.61 Å². The molecule has 9 heteroatoms. The molecule has 36 heavy (non-hydrogen) atoms. The molecule has 0 aliphatic carbocycles. The number of hydrogen-bond acceptors (Lipinski definition) is 5. The molecule has 182 valence electrons. The molecule has 1 heterocycles. The minimum atomic E-state index is -0.751. The summed E-state index contributed by atoms with van der Waals surface area (Å²) in [6.45, 7) is 4.20. The highest BCUT2D eigenvalue weighted by Crippen LogP contribution is 2.26. The van der Waals surface area contributed by atoms with E-state index in [0.29, 0.717) is 27.3 Å². The average Bonchev–Trinajstić information content (AvgIpc) is 3.13. The van der Waals surface area contributed by atoms with Gasteiger partial charge >= 0.3 is 5.69 Å². The highest BCUT2D eigenvalue weighted by molar-refractivity contribution is 5.45. The number of methoxy groups -OCH3 is 1. The van der Waals surface area contributed by atoms with Crippen LogP contribution in [0.25, 0.3) is 18.5 Å². The van der Waals surface area contributed by atoms with Crippen LogP contribution in [0.15, 0.2) is 59.4 Å². The fraction of sp³-hybridized carbons (Fsp3) is 0.111. The van der Waals surface area contributed by atoms with Crippen LogP contribution in [0.3, 0.4) is 0 Å². The van der Waals surface area contributed by atoms with Crippen molar-refractivity contribution in [3.8, 4) is 23.3 Å². The summed E-state index contributed by atoms with van der Waals surface area (Å²) < 4.78 is 42.2. The summed E-state index contributed by atoms with van der Waals surface area (Å²) in [5.41, 5.74) is 6.13. The zero-order chi connectivity index (χ0) is 26.0. The molecule has 7 nitrogen and oxygen atoms in total. The second-order valence-electron chi connectivity index (χ2n) is 7.93. The molecule has 0 aliphatic heterocycles. The largest absolute Gasteiger partial charge is 0.493 e. The van der Waals surface area contributed by atoms with Gasteiger partial charge in [0.25, 0.3) is 0 Å². The van der Waals surface area contributed by atoms with Gasteiger partial charge in [-0.25, -0.2) is 13.6 Å². The monoisotopic (exact) mass is 488 g/mol. The van der Waals surface area contributed by atoms with Crippen molar-refractivity contribution in [2.24, 2.45) is 12.8 Å². The third-order valence-corrected chi connectivity index (χ3v) is 5.73. The van der Waals surface area contributed by atoms with E-state index in [-0.39, 0.29) is 29.0 Å². The molecule has 0 atom stereocenters. The van der Waals surface area contributed by atoms with Gasteiger partial charge in [0.05, 0.1) is 35.1 Å². The molecule has 0 aliphatic rings. The van der Waals surface area contributed by atoms with E-state index in [4.69, 9.17) is 20.5 Å². The smallest absolute Gasteiger partial charge is 0.333 e. The first-order valence-corrected chi connectivity index (χ1v) is 10.8.